The molecule has 2 aromatic heterocycles. The molecule has 6 heteroatoms. The minimum atomic E-state index is -0.0524. The smallest absolute Gasteiger partial charge is 0.236 e. The highest BCUT2D eigenvalue weighted by Gasteiger charge is 2.11. The summed E-state index contributed by atoms with van der Waals surface area (Å²) in [4.78, 5) is 21.2. The Morgan fingerprint density at radius 2 is 1.92 bits per heavy atom. The summed E-state index contributed by atoms with van der Waals surface area (Å²) in [5, 5.41) is 7.51. The van der Waals surface area contributed by atoms with E-state index < -0.39 is 0 Å². The number of thioether (sulfide) groups is 1. The predicted octanol–water partition coefficient (Wildman–Crippen LogP) is 4.91. The molecule has 1 aromatic carbocycles. The van der Waals surface area contributed by atoms with Crippen molar-refractivity contribution in [1.29, 1.82) is 0 Å². The molecule has 25 heavy (non-hydrogen) atoms. The number of hydrogen-bond donors (Lipinski definition) is 1. The summed E-state index contributed by atoms with van der Waals surface area (Å²) >= 11 is 2.93. The number of carbonyl (C=O) groups is 1. The van der Waals surface area contributed by atoms with Crippen LogP contribution in [0.3, 0.4) is 0 Å². The lowest BCUT2D eigenvalue weighted by Gasteiger charge is -2.10. The normalized spacial score (nSPS) is 11.0. The summed E-state index contributed by atoms with van der Waals surface area (Å²) in [6.45, 7) is 8.25. The maximum Gasteiger partial charge on any atom is 0.236 e. The van der Waals surface area contributed by atoms with E-state index in [2.05, 4.69) is 49.3 Å². The number of nitrogens with zero attached hydrogens (tertiary/aromatic N) is 2. The van der Waals surface area contributed by atoms with Gasteiger partial charge in [-0.25, -0.2) is 9.97 Å². The maximum absolute atomic E-state index is 12.2. The molecule has 0 fully saturated rings. The fraction of sp³-hybridized carbons (Fsp3) is 0.316. The summed E-state index contributed by atoms with van der Waals surface area (Å²) in [6.07, 6.45) is 0.894. The Morgan fingerprint density at radius 3 is 2.60 bits per heavy atom. The number of aryl methyl sites for hydroxylation is 4. The maximum atomic E-state index is 12.2. The van der Waals surface area contributed by atoms with Gasteiger partial charge in [0.15, 0.2) is 5.13 Å². The molecule has 1 N–H and O–H groups in total. The van der Waals surface area contributed by atoms with Crippen LogP contribution in [0.5, 0.6) is 0 Å². The zero-order valence-corrected chi connectivity index (χ0v) is 16.5. The summed E-state index contributed by atoms with van der Waals surface area (Å²) in [5.74, 6) is 0.276. The van der Waals surface area contributed by atoms with Crippen molar-refractivity contribution in [2.75, 3.05) is 11.1 Å². The third-order valence-electron chi connectivity index (χ3n) is 4.06. The summed E-state index contributed by atoms with van der Waals surface area (Å²) in [5.41, 5.74) is 5.59. The van der Waals surface area contributed by atoms with Gasteiger partial charge in [-0.05, 0) is 62.1 Å². The molecule has 2 heterocycles. The van der Waals surface area contributed by atoms with E-state index >= 15 is 0 Å². The molecule has 0 atom stereocenters. The van der Waals surface area contributed by atoms with Crippen LogP contribution in [0.15, 0.2) is 28.6 Å². The first-order valence-corrected chi connectivity index (χ1v) is 10.1. The molecule has 0 bridgehead atoms. The van der Waals surface area contributed by atoms with Gasteiger partial charge in [0.2, 0.25) is 5.91 Å². The number of rotatable bonds is 5. The lowest BCUT2D eigenvalue weighted by molar-refractivity contribution is -0.113. The highest BCUT2D eigenvalue weighted by Crippen LogP contribution is 2.27. The van der Waals surface area contributed by atoms with E-state index in [0.717, 1.165) is 28.0 Å². The van der Waals surface area contributed by atoms with Gasteiger partial charge < -0.3 is 5.32 Å². The fourth-order valence-electron chi connectivity index (χ4n) is 2.55. The number of nitrogens with one attached hydrogen (secondary N) is 1. The molecule has 0 aliphatic heterocycles. The van der Waals surface area contributed by atoms with Crippen molar-refractivity contribution in [1.82, 2.24) is 9.97 Å². The second-order valence-electron chi connectivity index (χ2n) is 6.07. The number of thiazole rings is 1. The zero-order chi connectivity index (χ0) is 18.0. The minimum absolute atomic E-state index is 0.0524. The first kappa shape index (κ1) is 17.9. The lowest BCUT2D eigenvalue weighted by atomic mass is 10.0. The highest BCUT2D eigenvalue weighted by molar-refractivity contribution is 8.00. The Labute approximate surface area is 156 Å². The third-order valence-corrected chi connectivity index (χ3v) is 5.96. The first-order valence-electron chi connectivity index (χ1n) is 8.22. The van der Waals surface area contributed by atoms with E-state index in [9.17, 15) is 4.79 Å². The van der Waals surface area contributed by atoms with Gasteiger partial charge in [-0.3, -0.25) is 4.79 Å². The molecule has 1 amide bonds. The number of fused-ring (bicyclic) bond motifs is 1. The first-order chi connectivity index (χ1) is 12.0. The van der Waals surface area contributed by atoms with Gasteiger partial charge in [-0.1, -0.05) is 18.7 Å². The van der Waals surface area contributed by atoms with Crippen molar-refractivity contribution in [2.45, 2.75) is 39.1 Å². The van der Waals surface area contributed by atoms with E-state index in [1.165, 1.54) is 39.8 Å². The van der Waals surface area contributed by atoms with Crippen LogP contribution in [-0.2, 0) is 11.2 Å². The standard InChI is InChI=1S/C19H21N3OS2/c1-5-14-8-15-6-11(2)12(3)7-16(15)21-18(14)24-10-17(23)22-19-20-13(4)9-25-19/h6-9H,5,10H2,1-4H3,(H,20,22,23). The number of carbonyl (C=O) groups excluding carboxylic acids is 1. The van der Waals surface area contributed by atoms with Crippen LogP contribution in [0, 0.1) is 20.8 Å². The van der Waals surface area contributed by atoms with E-state index in [1.54, 1.807) is 0 Å². The molecular weight excluding hydrogens is 350 g/mol. The van der Waals surface area contributed by atoms with Crippen molar-refractivity contribution in [3.8, 4) is 0 Å². The van der Waals surface area contributed by atoms with Crippen LogP contribution in [0.1, 0.15) is 29.3 Å². The molecule has 3 rings (SSSR count). The Kier molecular flexibility index (Phi) is 5.39. The number of aromatic nitrogens is 2. The Balaban J connectivity index is 1.77. The van der Waals surface area contributed by atoms with Gasteiger partial charge in [0.05, 0.1) is 17.0 Å². The SMILES string of the molecule is CCc1cc2cc(C)c(C)cc2nc1SCC(=O)Nc1nc(C)cs1. The van der Waals surface area contributed by atoms with Crippen LogP contribution in [-0.4, -0.2) is 21.6 Å². The molecule has 0 saturated heterocycles. The second-order valence-corrected chi connectivity index (χ2v) is 7.89. The summed E-state index contributed by atoms with van der Waals surface area (Å²) < 4.78 is 0. The number of benzene rings is 1. The predicted molar refractivity (Wildman–Crippen MR) is 107 cm³/mol. The fourth-order valence-corrected chi connectivity index (χ4v) is 4.14. The van der Waals surface area contributed by atoms with Crippen molar-refractivity contribution in [2.24, 2.45) is 0 Å². The molecule has 130 valence electrons. The Hall–Kier alpha value is -1.92. The van der Waals surface area contributed by atoms with Gasteiger partial charge in [-0.15, -0.1) is 11.3 Å². The van der Waals surface area contributed by atoms with Gasteiger partial charge >= 0.3 is 0 Å². The second kappa shape index (κ2) is 7.54. The monoisotopic (exact) mass is 371 g/mol. The summed E-state index contributed by atoms with van der Waals surface area (Å²) in [7, 11) is 0. The third kappa shape index (κ3) is 4.19. The van der Waals surface area contributed by atoms with Crippen molar-refractivity contribution in [3.63, 3.8) is 0 Å². The number of amides is 1. The van der Waals surface area contributed by atoms with Crippen molar-refractivity contribution < 1.29 is 4.79 Å². The largest absolute Gasteiger partial charge is 0.301 e. The minimum Gasteiger partial charge on any atom is -0.301 e. The van der Waals surface area contributed by atoms with Crippen molar-refractivity contribution in [3.05, 3.63) is 46.0 Å². The Bertz CT molecular complexity index is 934. The number of pyridine rings is 1. The van der Waals surface area contributed by atoms with Gasteiger partial charge in [0.1, 0.15) is 5.03 Å². The molecule has 0 aliphatic carbocycles. The van der Waals surface area contributed by atoms with E-state index in [4.69, 9.17) is 4.98 Å². The van der Waals surface area contributed by atoms with Crippen LogP contribution in [0.25, 0.3) is 10.9 Å². The van der Waals surface area contributed by atoms with E-state index in [1.807, 2.05) is 12.3 Å². The van der Waals surface area contributed by atoms with Gasteiger partial charge in [0.25, 0.3) is 0 Å². The molecule has 3 aromatic rings. The molecule has 0 saturated carbocycles. The van der Waals surface area contributed by atoms with Crippen LogP contribution >= 0.6 is 23.1 Å². The molecule has 0 aliphatic rings. The van der Waals surface area contributed by atoms with Crippen LogP contribution < -0.4 is 5.32 Å². The molecule has 0 spiro atoms. The molecule has 0 unspecified atom stereocenters. The van der Waals surface area contributed by atoms with Crippen molar-refractivity contribution >= 4 is 45.0 Å². The summed E-state index contributed by atoms with van der Waals surface area (Å²) in [6, 6.07) is 6.49. The highest BCUT2D eigenvalue weighted by atomic mass is 32.2. The number of anilines is 1. The Morgan fingerprint density at radius 1 is 1.16 bits per heavy atom. The van der Waals surface area contributed by atoms with Crippen LogP contribution in [0.2, 0.25) is 0 Å². The lowest BCUT2D eigenvalue weighted by Crippen LogP contribution is -2.14. The molecular formula is C19H21N3OS2. The molecule has 4 nitrogen and oxygen atoms in total. The average Bonchev–Trinajstić information content (AvgIpc) is 2.98. The zero-order valence-electron chi connectivity index (χ0n) is 14.8. The van der Waals surface area contributed by atoms with Crippen LogP contribution in [0.4, 0.5) is 5.13 Å². The van der Waals surface area contributed by atoms with E-state index in [0.29, 0.717) is 10.9 Å². The van der Waals surface area contributed by atoms with Gasteiger partial charge in [0, 0.05) is 10.8 Å². The average molecular weight is 372 g/mol. The number of hydrogen-bond acceptors (Lipinski definition) is 5. The molecule has 0 radical (unpaired) electrons. The topological polar surface area (TPSA) is 54.9 Å². The quantitative estimate of drug-likeness (QED) is 0.648. The van der Waals surface area contributed by atoms with Gasteiger partial charge in [-0.2, -0.15) is 0 Å². The van der Waals surface area contributed by atoms with E-state index in [-0.39, 0.29) is 5.91 Å².